The fraction of sp³-hybridized carbons (Fsp3) is 0.353. The van der Waals surface area contributed by atoms with Gasteiger partial charge in [-0.25, -0.2) is 4.79 Å². The van der Waals surface area contributed by atoms with Crippen molar-refractivity contribution in [1.29, 1.82) is 0 Å². The highest BCUT2D eigenvalue weighted by molar-refractivity contribution is 7.14. The summed E-state index contributed by atoms with van der Waals surface area (Å²) in [5.74, 6) is 1.13. The summed E-state index contributed by atoms with van der Waals surface area (Å²) in [7, 11) is 0. The second-order valence-corrected chi connectivity index (χ2v) is 8.05. The Hall–Kier alpha value is -1.99. The Balaban J connectivity index is 1.40. The molecule has 0 saturated carbocycles. The molecule has 5 nitrogen and oxygen atoms in total. The van der Waals surface area contributed by atoms with Crippen molar-refractivity contribution in [1.82, 2.24) is 10.2 Å². The van der Waals surface area contributed by atoms with Crippen molar-refractivity contribution in [3.05, 3.63) is 44.8 Å². The van der Waals surface area contributed by atoms with Gasteiger partial charge in [0.05, 0.1) is 4.88 Å². The summed E-state index contributed by atoms with van der Waals surface area (Å²) < 4.78 is 10.9. The molecule has 24 heavy (non-hydrogen) atoms. The Morgan fingerprint density at radius 1 is 1.46 bits per heavy atom. The molecule has 0 aromatic carbocycles. The van der Waals surface area contributed by atoms with E-state index >= 15 is 0 Å². The van der Waals surface area contributed by atoms with Gasteiger partial charge in [0.15, 0.2) is 6.61 Å². The van der Waals surface area contributed by atoms with Gasteiger partial charge in [-0.3, -0.25) is 0 Å². The lowest BCUT2D eigenvalue weighted by molar-refractivity contribution is 0.0444. The van der Waals surface area contributed by atoms with Gasteiger partial charge in [0.25, 0.3) is 11.8 Å². The third-order valence-corrected chi connectivity index (χ3v) is 6.13. The van der Waals surface area contributed by atoms with Crippen LogP contribution in [0.1, 0.15) is 39.3 Å². The number of aryl methyl sites for hydroxylation is 1. The highest BCUT2D eigenvalue weighted by atomic mass is 32.1. The second kappa shape index (κ2) is 6.49. The zero-order valence-corrected chi connectivity index (χ0v) is 14.8. The molecule has 124 valence electrons. The zero-order chi connectivity index (χ0) is 16.5. The van der Waals surface area contributed by atoms with Gasteiger partial charge in [0.2, 0.25) is 0 Å². The largest absolute Gasteiger partial charge is 0.451 e. The van der Waals surface area contributed by atoms with E-state index in [0.29, 0.717) is 22.6 Å². The number of thiophene rings is 2. The molecular weight excluding hydrogens is 344 g/mol. The maximum Gasteiger partial charge on any atom is 0.348 e. The molecule has 3 aromatic heterocycles. The van der Waals surface area contributed by atoms with Gasteiger partial charge in [-0.05, 0) is 48.3 Å². The van der Waals surface area contributed by atoms with E-state index in [-0.39, 0.29) is 12.6 Å². The molecular formula is C17H16N2O3S2. The Bertz CT molecular complexity index is 851. The number of fused-ring (bicyclic) bond motifs is 1. The van der Waals surface area contributed by atoms with Gasteiger partial charge in [-0.15, -0.1) is 32.9 Å². The summed E-state index contributed by atoms with van der Waals surface area (Å²) in [5, 5.41) is 9.85. The molecule has 1 unspecified atom stereocenters. The van der Waals surface area contributed by atoms with Crippen LogP contribution in [0.3, 0.4) is 0 Å². The minimum Gasteiger partial charge on any atom is -0.451 e. The fourth-order valence-corrected chi connectivity index (χ4v) is 4.56. The van der Waals surface area contributed by atoms with Crippen molar-refractivity contribution >= 4 is 28.6 Å². The lowest BCUT2D eigenvalue weighted by atomic mass is 9.90. The monoisotopic (exact) mass is 360 g/mol. The summed E-state index contributed by atoms with van der Waals surface area (Å²) >= 11 is 3.07. The smallest absolute Gasteiger partial charge is 0.348 e. The number of hydrogen-bond donors (Lipinski definition) is 0. The molecule has 0 spiro atoms. The number of carbonyl (C=O) groups is 1. The molecule has 7 heteroatoms. The lowest BCUT2D eigenvalue weighted by Crippen LogP contribution is -2.08. The van der Waals surface area contributed by atoms with Crippen LogP contribution in [0.5, 0.6) is 0 Å². The van der Waals surface area contributed by atoms with Crippen LogP contribution in [0.15, 0.2) is 28.0 Å². The lowest BCUT2D eigenvalue weighted by Gasteiger charge is -2.16. The SMILES string of the molecule is CC1CCc2sc(C(=O)OCc3nnc(-c4cccs4)o3)cc2C1. The van der Waals surface area contributed by atoms with Gasteiger partial charge in [0, 0.05) is 4.88 Å². The molecule has 1 aliphatic rings. The van der Waals surface area contributed by atoms with Crippen LogP contribution < -0.4 is 0 Å². The molecule has 0 amide bonds. The van der Waals surface area contributed by atoms with E-state index in [1.54, 1.807) is 11.3 Å². The van der Waals surface area contributed by atoms with Crippen LogP contribution in [0.4, 0.5) is 0 Å². The van der Waals surface area contributed by atoms with E-state index in [1.165, 1.54) is 28.2 Å². The highest BCUT2D eigenvalue weighted by Crippen LogP contribution is 2.32. The van der Waals surface area contributed by atoms with Crippen molar-refractivity contribution in [2.45, 2.75) is 32.8 Å². The number of hydrogen-bond acceptors (Lipinski definition) is 7. The van der Waals surface area contributed by atoms with Gasteiger partial charge in [-0.1, -0.05) is 13.0 Å². The van der Waals surface area contributed by atoms with Gasteiger partial charge < -0.3 is 9.15 Å². The molecule has 0 N–H and O–H groups in total. The van der Waals surface area contributed by atoms with E-state index in [9.17, 15) is 4.79 Å². The molecule has 4 rings (SSSR count). The quantitative estimate of drug-likeness (QED) is 0.648. The number of aromatic nitrogens is 2. The minimum absolute atomic E-state index is 0.00379. The van der Waals surface area contributed by atoms with Gasteiger partial charge in [0.1, 0.15) is 4.88 Å². The van der Waals surface area contributed by atoms with E-state index in [4.69, 9.17) is 9.15 Å². The molecule has 0 saturated heterocycles. The number of ether oxygens (including phenoxy) is 1. The van der Waals surface area contributed by atoms with Gasteiger partial charge >= 0.3 is 5.97 Å². The average molecular weight is 360 g/mol. The third-order valence-electron chi connectivity index (χ3n) is 4.06. The Morgan fingerprint density at radius 2 is 2.38 bits per heavy atom. The van der Waals surface area contributed by atoms with Crippen LogP contribution >= 0.6 is 22.7 Å². The molecule has 0 bridgehead atoms. The zero-order valence-electron chi connectivity index (χ0n) is 13.2. The van der Waals surface area contributed by atoms with Crippen LogP contribution in [0, 0.1) is 5.92 Å². The van der Waals surface area contributed by atoms with Crippen LogP contribution in [0.2, 0.25) is 0 Å². The number of carbonyl (C=O) groups excluding carboxylic acids is 1. The average Bonchev–Trinajstić information content (AvgIpc) is 3.30. The first-order valence-corrected chi connectivity index (χ1v) is 9.53. The summed E-state index contributed by atoms with van der Waals surface area (Å²) in [6.45, 7) is 2.25. The Morgan fingerprint density at radius 3 is 3.21 bits per heavy atom. The topological polar surface area (TPSA) is 65.2 Å². The predicted molar refractivity (Wildman–Crippen MR) is 92.2 cm³/mol. The Kier molecular flexibility index (Phi) is 4.20. The first kappa shape index (κ1) is 15.5. The minimum atomic E-state index is -0.321. The predicted octanol–water partition coefficient (Wildman–Crippen LogP) is 4.34. The maximum absolute atomic E-state index is 12.3. The summed E-state index contributed by atoms with van der Waals surface area (Å²) in [6.07, 6.45) is 3.30. The van der Waals surface area contributed by atoms with Crippen LogP contribution in [-0.4, -0.2) is 16.2 Å². The van der Waals surface area contributed by atoms with Crippen molar-refractivity contribution in [2.75, 3.05) is 0 Å². The molecule has 3 heterocycles. The van der Waals surface area contributed by atoms with E-state index < -0.39 is 0 Å². The summed E-state index contributed by atoms with van der Waals surface area (Å²) in [5.41, 5.74) is 1.29. The highest BCUT2D eigenvalue weighted by Gasteiger charge is 2.21. The molecule has 0 radical (unpaired) electrons. The van der Waals surface area contributed by atoms with Gasteiger partial charge in [-0.2, -0.15) is 0 Å². The fourth-order valence-electron chi connectivity index (χ4n) is 2.82. The first-order valence-electron chi connectivity index (χ1n) is 7.84. The molecule has 1 atom stereocenters. The van der Waals surface area contributed by atoms with Crippen LogP contribution in [-0.2, 0) is 24.2 Å². The Labute approximate surface area is 147 Å². The number of nitrogens with zero attached hydrogens (tertiary/aromatic N) is 2. The number of rotatable bonds is 4. The van der Waals surface area contributed by atoms with E-state index in [0.717, 1.165) is 17.7 Å². The van der Waals surface area contributed by atoms with Crippen molar-refractivity contribution in [3.8, 4) is 10.8 Å². The van der Waals surface area contributed by atoms with Crippen LogP contribution in [0.25, 0.3) is 10.8 Å². The van der Waals surface area contributed by atoms with E-state index in [1.807, 2.05) is 23.6 Å². The molecule has 0 fully saturated rings. The molecule has 3 aromatic rings. The second-order valence-electron chi connectivity index (χ2n) is 5.96. The third kappa shape index (κ3) is 3.14. The first-order chi connectivity index (χ1) is 11.7. The standard InChI is InChI=1S/C17H16N2O3S2/c1-10-4-5-12-11(7-10)8-14(24-12)17(20)21-9-15-18-19-16(22-15)13-3-2-6-23-13/h2-3,6,8,10H,4-5,7,9H2,1H3. The normalized spacial score (nSPS) is 16.8. The van der Waals surface area contributed by atoms with E-state index in [2.05, 4.69) is 17.1 Å². The van der Waals surface area contributed by atoms with Crippen molar-refractivity contribution in [3.63, 3.8) is 0 Å². The van der Waals surface area contributed by atoms with Crippen molar-refractivity contribution < 1.29 is 13.9 Å². The molecule has 0 aliphatic heterocycles. The summed E-state index contributed by atoms with van der Waals surface area (Å²) in [4.78, 5) is 15.1. The van der Waals surface area contributed by atoms with Crippen molar-refractivity contribution in [2.24, 2.45) is 5.92 Å². The number of esters is 1. The molecule has 1 aliphatic carbocycles. The maximum atomic E-state index is 12.3. The summed E-state index contributed by atoms with van der Waals surface area (Å²) in [6, 6.07) is 5.80.